The first-order valence-corrected chi connectivity index (χ1v) is 6.13. The molecule has 1 fully saturated rings. The molecule has 2 heterocycles. The fraction of sp³-hybridized carbons (Fsp3) is 0.583. The number of amides is 1. The number of likely N-dealkylation sites (tertiary alicyclic amines) is 1. The molecule has 1 amide bonds. The van der Waals surface area contributed by atoms with Crippen LogP contribution in [-0.2, 0) is 11.2 Å². The van der Waals surface area contributed by atoms with E-state index in [4.69, 9.17) is 9.63 Å². The first kappa shape index (κ1) is 12.6. The number of aliphatic carboxylic acids is 1. The van der Waals surface area contributed by atoms with E-state index in [9.17, 15) is 9.59 Å². The summed E-state index contributed by atoms with van der Waals surface area (Å²) in [4.78, 5) is 24.7. The van der Waals surface area contributed by atoms with Crippen LogP contribution in [0, 0.1) is 0 Å². The maximum atomic E-state index is 12.2. The number of carbonyl (C=O) groups excluding carboxylic acids is 1. The minimum atomic E-state index is -0.956. The Labute approximate surface area is 105 Å². The molecule has 6 nitrogen and oxygen atoms in total. The van der Waals surface area contributed by atoms with Crippen molar-refractivity contribution in [3.8, 4) is 0 Å². The molecule has 6 heteroatoms. The van der Waals surface area contributed by atoms with Gasteiger partial charge in [0.25, 0.3) is 5.91 Å². The number of nitrogens with zero attached hydrogens (tertiary/aromatic N) is 2. The molecule has 0 bridgehead atoms. The van der Waals surface area contributed by atoms with Crippen LogP contribution >= 0.6 is 0 Å². The van der Waals surface area contributed by atoms with E-state index in [1.54, 1.807) is 6.07 Å². The van der Waals surface area contributed by atoms with E-state index in [0.717, 1.165) is 12.8 Å². The molecule has 0 aliphatic carbocycles. The summed E-state index contributed by atoms with van der Waals surface area (Å²) in [5.74, 6) is -0.685. The van der Waals surface area contributed by atoms with Gasteiger partial charge in [-0.3, -0.25) is 4.79 Å². The quantitative estimate of drug-likeness (QED) is 0.877. The Balaban J connectivity index is 2.17. The van der Waals surface area contributed by atoms with E-state index >= 15 is 0 Å². The lowest BCUT2D eigenvalue weighted by Crippen LogP contribution is -2.48. The van der Waals surface area contributed by atoms with Gasteiger partial charge in [0.1, 0.15) is 11.8 Å². The summed E-state index contributed by atoms with van der Waals surface area (Å²) in [7, 11) is 0. The molecule has 1 aromatic rings. The van der Waals surface area contributed by atoms with Crippen molar-refractivity contribution in [1.82, 2.24) is 10.1 Å². The van der Waals surface area contributed by atoms with Crippen molar-refractivity contribution in [3.05, 3.63) is 17.5 Å². The lowest BCUT2D eigenvalue weighted by molar-refractivity contribution is -0.143. The summed E-state index contributed by atoms with van der Waals surface area (Å²) in [5.41, 5.74) is 0.194. The Hall–Kier alpha value is -1.85. The second kappa shape index (κ2) is 5.20. The van der Waals surface area contributed by atoms with E-state index in [1.807, 2.05) is 6.92 Å². The maximum absolute atomic E-state index is 12.2. The second-order valence-corrected chi connectivity index (χ2v) is 4.38. The SMILES string of the molecule is CCc1cc(C(=O)N2CCCCC2C(=O)O)no1. The minimum absolute atomic E-state index is 0.194. The molecule has 0 spiro atoms. The summed E-state index contributed by atoms with van der Waals surface area (Å²) < 4.78 is 4.98. The van der Waals surface area contributed by atoms with E-state index in [-0.39, 0.29) is 11.6 Å². The van der Waals surface area contributed by atoms with Crippen LogP contribution in [0.3, 0.4) is 0 Å². The number of aromatic nitrogens is 1. The average Bonchev–Trinajstić information content (AvgIpc) is 2.86. The van der Waals surface area contributed by atoms with Crippen molar-refractivity contribution in [1.29, 1.82) is 0 Å². The van der Waals surface area contributed by atoms with Crippen LogP contribution in [-0.4, -0.2) is 39.6 Å². The topological polar surface area (TPSA) is 83.6 Å². The van der Waals surface area contributed by atoms with Gasteiger partial charge in [-0.2, -0.15) is 0 Å². The molecule has 1 aliphatic heterocycles. The first-order valence-electron chi connectivity index (χ1n) is 6.13. The molecule has 0 radical (unpaired) electrons. The van der Waals surface area contributed by atoms with Gasteiger partial charge in [-0.1, -0.05) is 12.1 Å². The number of carboxylic acid groups (broad SMARTS) is 1. The van der Waals surface area contributed by atoms with Crippen molar-refractivity contribution in [2.45, 2.75) is 38.6 Å². The summed E-state index contributed by atoms with van der Waals surface area (Å²) in [6, 6.07) is 0.837. The molecule has 1 saturated heterocycles. The predicted octanol–water partition coefficient (Wildman–Crippen LogP) is 1.32. The molecular formula is C12H16N2O4. The third-order valence-corrected chi connectivity index (χ3v) is 3.18. The molecule has 1 aliphatic rings. The molecule has 1 aromatic heterocycles. The summed E-state index contributed by atoms with van der Waals surface area (Å²) in [6.07, 6.45) is 2.82. The Bertz CT molecular complexity index is 455. The zero-order valence-corrected chi connectivity index (χ0v) is 10.3. The van der Waals surface area contributed by atoms with Crippen LogP contribution < -0.4 is 0 Å². The van der Waals surface area contributed by atoms with Crippen molar-refractivity contribution in [3.63, 3.8) is 0 Å². The molecule has 1 atom stereocenters. The first-order chi connectivity index (χ1) is 8.63. The number of piperidine rings is 1. The molecule has 1 N–H and O–H groups in total. The highest BCUT2D eigenvalue weighted by atomic mass is 16.5. The zero-order chi connectivity index (χ0) is 13.1. The Morgan fingerprint density at radius 1 is 1.56 bits per heavy atom. The van der Waals surface area contributed by atoms with Crippen LogP contribution in [0.5, 0.6) is 0 Å². The zero-order valence-electron chi connectivity index (χ0n) is 10.3. The third kappa shape index (κ3) is 2.37. The van der Waals surface area contributed by atoms with Crippen molar-refractivity contribution in [2.75, 3.05) is 6.54 Å². The van der Waals surface area contributed by atoms with Gasteiger partial charge >= 0.3 is 5.97 Å². The van der Waals surface area contributed by atoms with Crippen molar-refractivity contribution < 1.29 is 19.2 Å². The summed E-state index contributed by atoms with van der Waals surface area (Å²) in [5, 5.41) is 12.8. The lowest BCUT2D eigenvalue weighted by Gasteiger charge is -2.32. The molecular weight excluding hydrogens is 236 g/mol. The highest BCUT2D eigenvalue weighted by molar-refractivity contribution is 5.95. The predicted molar refractivity (Wildman–Crippen MR) is 62.2 cm³/mol. The fourth-order valence-electron chi connectivity index (χ4n) is 2.16. The Kier molecular flexibility index (Phi) is 3.64. The smallest absolute Gasteiger partial charge is 0.326 e. The largest absolute Gasteiger partial charge is 0.480 e. The van der Waals surface area contributed by atoms with Crippen LogP contribution in [0.1, 0.15) is 42.4 Å². The molecule has 0 aromatic carbocycles. The molecule has 18 heavy (non-hydrogen) atoms. The van der Waals surface area contributed by atoms with Gasteiger partial charge in [0, 0.05) is 19.0 Å². The maximum Gasteiger partial charge on any atom is 0.326 e. The third-order valence-electron chi connectivity index (χ3n) is 3.18. The molecule has 2 rings (SSSR count). The standard InChI is InChI=1S/C12H16N2O4/c1-2-8-7-9(13-18-8)11(15)14-6-4-3-5-10(14)12(16)17/h7,10H,2-6H2,1H3,(H,16,17). The number of rotatable bonds is 3. The van der Waals surface area contributed by atoms with E-state index < -0.39 is 12.0 Å². The van der Waals surface area contributed by atoms with Crippen LogP contribution in [0.25, 0.3) is 0 Å². The average molecular weight is 252 g/mol. The number of carboxylic acids is 1. The van der Waals surface area contributed by atoms with Gasteiger partial charge < -0.3 is 14.5 Å². The van der Waals surface area contributed by atoms with Crippen LogP contribution in [0.2, 0.25) is 0 Å². The normalized spacial score (nSPS) is 19.8. The van der Waals surface area contributed by atoms with Crippen molar-refractivity contribution in [2.24, 2.45) is 0 Å². The van der Waals surface area contributed by atoms with Gasteiger partial charge in [-0.25, -0.2) is 4.79 Å². The lowest BCUT2D eigenvalue weighted by atomic mass is 10.0. The van der Waals surface area contributed by atoms with Gasteiger partial charge in [-0.05, 0) is 19.3 Å². The number of aryl methyl sites for hydroxylation is 1. The van der Waals surface area contributed by atoms with Crippen molar-refractivity contribution >= 4 is 11.9 Å². The van der Waals surface area contributed by atoms with Gasteiger partial charge in [-0.15, -0.1) is 0 Å². The summed E-state index contributed by atoms with van der Waals surface area (Å²) >= 11 is 0. The van der Waals surface area contributed by atoms with Gasteiger partial charge in [0.2, 0.25) is 0 Å². The van der Waals surface area contributed by atoms with E-state index in [0.29, 0.717) is 25.1 Å². The molecule has 1 unspecified atom stereocenters. The van der Waals surface area contributed by atoms with Gasteiger partial charge in [0.05, 0.1) is 0 Å². The Morgan fingerprint density at radius 3 is 2.94 bits per heavy atom. The molecule has 0 saturated carbocycles. The Morgan fingerprint density at radius 2 is 2.33 bits per heavy atom. The number of hydrogen-bond donors (Lipinski definition) is 1. The highest BCUT2D eigenvalue weighted by Gasteiger charge is 2.33. The molecule has 98 valence electrons. The second-order valence-electron chi connectivity index (χ2n) is 4.38. The highest BCUT2D eigenvalue weighted by Crippen LogP contribution is 2.20. The van der Waals surface area contributed by atoms with E-state index in [2.05, 4.69) is 5.16 Å². The minimum Gasteiger partial charge on any atom is -0.480 e. The number of carbonyl (C=O) groups is 2. The monoisotopic (exact) mass is 252 g/mol. The van der Waals surface area contributed by atoms with Crippen LogP contribution in [0.4, 0.5) is 0 Å². The summed E-state index contributed by atoms with van der Waals surface area (Å²) in [6.45, 7) is 2.36. The fourth-order valence-corrected chi connectivity index (χ4v) is 2.16. The number of hydrogen-bond acceptors (Lipinski definition) is 4. The van der Waals surface area contributed by atoms with Crippen LogP contribution in [0.15, 0.2) is 10.6 Å². The van der Waals surface area contributed by atoms with Gasteiger partial charge in [0.15, 0.2) is 5.69 Å². The van der Waals surface area contributed by atoms with E-state index in [1.165, 1.54) is 4.90 Å².